The molecule has 2 rings (SSSR count). The third kappa shape index (κ3) is 4.73. The van der Waals surface area contributed by atoms with E-state index in [1.807, 2.05) is 19.1 Å². The highest BCUT2D eigenvalue weighted by Gasteiger charge is 2.10. The number of hydrogen-bond donors (Lipinski definition) is 0. The molecule has 0 fully saturated rings. The van der Waals surface area contributed by atoms with Gasteiger partial charge in [-0.25, -0.2) is 0 Å². The van der Waals surface area contributed by atoms with Crippen molar-refractivity contribution in [1.82, 2.24) is 4.90 Å². The third-order valence-corrected chi connectivity index (χ3v) is 3.84. The molecular formula is C18H17ClN2O2. The summed E-state index contributed by atoms with van der Waals surface area (Å²) in [4.78, 5) is 13.7. The smallest absolute Gasteiger partial charge is 0.260 e. The summed E-state index contributed by atoms with van der Waals surface area (Å²) in [6.45, 7) is 2.31. The van der Waals surface area contributed by atoms with Crippen LogP contribution in [-0.4, -0.2) is 24.5 Å². The topological polar surface area (TPSA) is 53.3 Å². The third-order valence-electron chi connectivity index (χ3n) is 3.42. The lowest BCUT2D eigenvalue weighted by atomic mass is 10.1. The van der Waals surface area contributed by atoms with Crippen molar-refractivity contribution in [3.63, 3.8) is 0 Å². The van der Waals surface area contributed by atoms with Gasteiger partial charge in [-0.2, -0.15) is 5.26 Å². The maximum Gasteiger partial charge on any atom is 0.260 e. The van der Waals surface area contributed by atoms with Crippen LogP contribution >= 0.6 is 11.6 Å². The summed E-state index contributed by atoms with van der Waals surface area (Å²) in [5, 5.41) is 9.44. The maximum absolute atomic E-state index is 12.1. The van der Waals surface area contributed by atoms with E-state index in [1.54, 1.807) is 42.3 Å². The Bertz CT molecular complexity index is 736. The number of likely N-dealkylation sites (N-methyl/N-ethyl adjacent to an activating group) is 1. The number of halogens is 1. The summed E-state index contributed by atoms with van der Waals surface area (Å²) in [6.07, 6.45) is 0. The minimum atomic E-state index is -0.123. The van der Waals surface area contributed by atoms with Crippen LogP contribution in [0.3, 0.4) is 0 Å². The molecule has 5 heteroatoms. The molecule has 0 N–H and O–H groups in total. The molecule has 2 aromatic carbocycles. The molecule has 0 atom stereocenters. The average Bonchev–Trinajstić information content (AvgIpc) is 2.56. The van der Waals surface area contributed by atoms with E-state index in [4.69, 9.17) is 21.6 Å². The summed E-state index contributed by atoms with van der Waals surface area (Å²) in [7, 11) is 1.72. The second kappa shape index (κ2) is 7.66. The quantitative estimate of drug-likeness (QED) is 0.843. The van der Waals surface area contributed by atoms with E-state index in [9.17, 15) is 4.79 Å². The van der Waals surface area contributed by atoms with Crippen LogP contribution in [0.1, 0.15) is 16.7 Å². The first-order valence-corrected chi connectivity index (χ1v) is 7.49. The Hall–Kier alpha value is -2.51. The van der Waals surface area contributed by atoms with Crippen LogP contribution in [0.5, 0.6) is 5.75 Å². The van der Waals surface area contributed by atoms with Gasteiger partial charge in [-0.05, 0) is 48.4 Å². The number of hydrogen-bond acceptors (Lipinski definition) is 3. The molecule has 0 radical (unpaired) electrons. The second-order valence-electron chi connectivity index (χ2n) is 5.26. The van der Waals surface area contributed by atoms with Crippen molar-refractivity contribution in [2.75, 3.05) is 13.7 Å². The largest absolute Gasteiger partial charge is 0.484 e. The zero-order chi connectivity index (χ0) is 16.8. The Kier molecular flexibility index (Phi) is 5.61. The van der Waals surface area contributed by atoms with Gasteiger partial charge >= 0.3 is 0 Å². The van der Waals surface area contributed by atoms with E-state index >= 15 is 0 Å². The van der Waals surface area contributed by atoms with Crippen LogP contribution in [0.4, 0.5) is 0 Å². The fourth-order valence-electron chi connectivity index (χ4n) is 2.01. The fraction of sp³-hybridized carbons (Fsp3) is 0.222. The normalized spacial score (nSPS) is 10.0. The number of carbonyl (C=O) groups is 1. The fourth-order valence-corrected chi connectivity index (χ4v) is 2.13. The van der Waals surface area contributed by atoms with E-state index in [1.165, 1.54) is 0 Å². The van der Waals surface area contributed by atoms with Crippen molar-refractivity contribution in [1.29, 1.82) is 5.26 Å². The first-order chi connectivity index (χ1) is 11.0. The van der Waals surface area contributed by atoms with Crippen LogP contribution in [0, 0.1) is 18.3 Å². The average molecular weight is 329 g/mol. The van der Waals surface area contributed by atoms with E-state index in [0.29, 0.717) is 22.9 Å². The van der Waals surface area contributed by atoms with Gasteiger partial charge in [0.15, 0.2) is 6.61 Å². The predicted octanol–water partition coefficient (Wildman–Crippen LogP) is 3.56. The number of carbonyl (C=O) groups excluding carboxylic acids is 1. The number of nitriles is 1. The highest BCUT2D eigenvalue weighted by molar-refractivity contribution is 6.31. The Labute approximate surface area is 140 Å². The van der Waals surface area contributed by atoms with Gasteiger partial charge in [-0.3, -0.25) is 4.79 Å². The van der Waals surface area contributed by atoms with E-state index in [0.717, 1.165) is 11.1 Å². The van der Waals surface area contributed by atoms with Crippen molar-refractivity contribution in [2.45, 2.75) is 13.5 Å². The monoisotopic (exact) mass is 328 g/mol. The van der Waals surface area contributed by atoms with Crippen LogP contribution in [0.2, 0.25) is 5.02 Å². The van der Waals surface area contributed by atoms with Crippen molar-refractivity contribution < 1.29 is 9.53 Å². The van der Waals surface area contributed by atoms with Crippen LogP contribution in [-0.2, 0) is 11.3 Å². The molecule has 0 aliphatic heterocycles. The lowest BCUT2D eigenvalue weighted by Crippen LogP contribution is -2.30. The van der Waals surface area contributed by atoms with Gasteiger partial charge in [0, 0.05) is 18.6 Å². The second-order valence-corrected chi connectivity index (χ2v) is 5.67. The van der Waals surface area contributed by atoms with Crippen LogP contribution in [0.25, 0.3) is 0 Å². The van der Waals surface area contributed by atoms with Crippen molar-refractivity contribution in [3.8, 4) is 11.8 Å². The molecule has 0 aliphatic rings. The van der Waals surface area contributed by atoms with E-state index in [2.05, 4.69) is 6.07 Å². The maximum atomic E-state index is 12.1. The molecule has 0 bridgehead atoms. The molecule has 0 aromatic heterocycles. The van der Waals surface area contributed by atoms with E-state index < -0.39 is 0 Å². The molecule has 23 heavy (non-hydrogen) atoms. The zero-order valence-electron chi connectivity index (χ0n) is 13.0. The van der Waals surface area contributed by atoms with Gasteiger partial charge in [0.05, 0.1) is 11.6 Å². The van der Waals surface area contributed by atoms with Crippen LogP contribution < -0.4 is 4.74 Å². The number of ether oxygens (including phenoxy) is 1. The predicted molar refractivity (Wildman–Crippen MR) is 89.3 cm³/mol. The molecule has 0 unspecified atom stereocenters. The number of amides is 1. The zero-order valence-corrected chi connectivity index (χ0v) is 13.8. The molecule has 2 aromatic rings. The number of rotatable bonds is 5. The molecule has 0 heterocycles. The number of benzene rings is 2. The van der Waals surface area contributed by atoms with Crippen molar-refractivity contribution >= 4 is 17.5 Å². The lowest BCUT2D eigenvalue weighted by Gasteiger charge is -2.17. The first kappa shape index (κ1) is 16.9. The van der Waals surface area contributed by atoms with Crippen molar-refractivity contribution in [3.05, 3.63) is 64.2 Å². The highest BCUT2D eigenvalue weighted by Crippen LogP contribution is 2.21. The van der Waals surface area contributed by atoms with E-state index in [-0.39, 0.29) is 12.5 Å². The molecule has 1 amide bonds. The summed E-state index contributed by atoms with van der Waals surface area (Å²) in [6, 6.07) is 14.5. The van der Waals surface area contributed by atoms with Gasteiger partial charge < -0.3 is 9.64 Å². The van der Waals surface area contributed by atoms with Gasteiger partial charge in [-0.1, -0.05) is 23.7 Å². The first-order valence-electron chi connectivity index (χ1n) is 7.11. The molecule has 0 saturated carbocycles. The van der Waals surface area contributed by atoms with Gasteiger partial charge in [0.25, 0.3) is 5.91 Å². The Balaban J connectivity index is 1.89. The molecule has 4 nitrogen and oxygen atoms in total. The van der Waals surface area contributed by atoms with Crippen LogP contribution in [0.15, 0.2) is 42.5 Å². The van der Waals surface area contributed by atoms with Gasteiger partial charge in [-0.15, -0.1) is 0 Å². The number of nitrogens with zero attached hydrogens (tertiary/aromatic N) is 2. The van der Waals surface area contributed by atoms with Gasteiger partial charge in [0.2, 0.25) is 0 Å². The standard InChI is InChI=1S/C18H17ClN2O2/c1-13-9-16(7-8-17(13)19)23-12-18(22)21(2)11-15-5-3-14(10-20)4-6-15/h3-9H,11-12H2,1-2H3. The minimum Gasteiger partial charge on any atom is -0.484 e. The lowest BCUT2D eigenvalue weighted by molar-refractivity contribution is -0.132. The van der Waals surface area contributed by atoms with Gasteiger partial charge in [0.1, 0.15) is 5.75 Å². The summed E-state index contributed by atoms with van der Waals surface area (Å²) in [5.74, 6) is 0.494. The molecule has 0 aliphatic carbocycles. The summed E-state index contributed by atoms with van der Waals surface area (Å²) < 4.78 is 5.51. The minimum absolute atomic E-state index is 0.0339. The molecule has 118 valence electrons. The molecule has 0 spiro atoms. The molecule has 0 saturated heterocycles. The Morgan fingerprint density at radius 2 is 1.96 bits per heavy atom. The highest BCUT2D eigenvalue weighted by atomic mass is 35.5. The Morgan fingerprint density at radius 3 is 2.57 bits per heavy atom. The van der Waals surface area contributed by atoms with Crippen molar-refractivity contribution in [2.24, 2.45) is 0 Å². The SMILES string of the molecule is Cc1cc(OCC(=O)N(C)Cc2ccc(C#N)cc2)ccc1Cl. The summed E-state index contributed by atoms with van der Waals surface area (Å²) in [5.41, 5.74) is 2.47. The summed E-state index contributed by atoms with van der Waals surface area (Å²) >= 11 is 5.95. The Morgan fingerprint density at radius 1 is 1.26 bits per heavy atom. The molecular weight excluding hydrogens is 312 g/mol. The number of aryl methyl sites for hydroxylation is 1.